The summed E-state index contributed by atoms with van der Waals surface area (Å²) in [5.41, 5.74) is 0. The normalized spacial score (nSPS) is 20.9. The highest BCUT2D eigenvalue weighted by molar-refractivity contribution is 5.78. The van der Waals surface area contributed by atoms with Gasteiger partial charge in [-0.2, -0.15) is 0 Å². The van der Waals surface area contributed by atoms with Crippen molar-refractivity contribution in [2.45, 2.75) is 26.2 Å². The van der Waals surface area contributed by atoms with Gasteiger partial charge in [-0.25, -0.2) is 4.79 Å². The molecule has 0 aromatic carbocycles. The summed E-state index contributed by atoms with van der Waals surface area (Å²) >= 11 is 0. The average Bonchev–Trinajstić information content (AvgIpc) is 2.48. The molecule has 2 aliphatic heterocycles. The van der Waals surface area contributed by atoms with Gasteiger partial charge < -0.3 is 19.9 Å². The number of carbonyl (C=O) groups is 2. The zero-order valence-corrected chi connectivity index (χ0v) is 12.3. The van der Waals surface area contributed by atoms with Gasteiger partial charge >= 0.3 is 6.03 Å². The van der Waals surface area contributed by atoms with E-state index in [1.807, 2.05) is 4.90 Å². The third-order valence-electron chi connectivity index (χ3n) is 4.05. The zero-order valence-electron chi connectivity index (χ0n) is 12.3. The van der Waals surface area contributed by atoms with Crippen molar-refractivity contribution in [1.82, 2.24) is 15.1 Å². The van der Waals surface area contributed by atoms with E-state index in [2.05, 4.69) is 12.2 Å². The first kappa shape index (κ1) is 15.1. The molecular formula is C14H25N3O3. The SMILES string of the molecule is CC1CCN(C(=O)NCCC(=O)N2CCOCC2)CC1. The number of amides is 3. The Morgan fingerprint density at radius 3 is 2.40 bits per heavy atom. The third-order valence-corrected chi connectivity index (χ3v) is 4.05. The highest BCUT2D eigenvalue weighted by Gasteiger charge is 2.21. The Balaban J connectivity index is 1.62. The van der Waals surface area contributed by atoms with Crippen LogP contribution in [0.2, 0.25) is 0 Å². The minimum atomic E-state index is -0.0355. The lowest BCUT2D eigenvalue weighted by Crippen LogP contribution is -2.46. The van der Waals surface area contributed by atoms with Crippen molar-refractivity contribution < 1.29 is 14.3 Å². The fourth-order valence-electron chi connectivity index (χ4n) is 2.57. The van der Waals surface area contributed by atoms with Crippen molar-refractivity contribution in [1.29, 1.82) is 0 Å². The highest BCUT2D eigenvalue weighted by atomic mass is 16.5. The van der Waals surface area contributed by atoms with E-state index in [0.717, 1.165) is 25.9 Å². The van der Waals surface area contributed by atoms with Gasteiger partial charge in [0.05, 0.1) is 13.2 Å². The number of piperidine rings is 1. The van der Waals surface area contributed by atoms with Crippen LogP contribution in [-0.4, -0.2) is 67.7 Å². The molecule has 6 heteroatoms. The molecule has 2 aliphatic rings. The predicted molar refractivity (Wildman–Crippen MR) is 75.4 cm³/mol. The lowest BCUT2D eigenvalue weighted by Gasteiger charge is -2.30. The number of nitrogens with one attached hydrogen (secondary N) is 1. The van der Waals surface area contributed by atoms with E-state index < -0.39 is 0 Å². The summed E-state index contributed by atoms with van der Waals surface area (Å²) in [5.74, 6) is 0.808. The summed E-state index contributed by atoms with van der Waals surface area (Å²) < 4.78 is 5.21. The summed E-state index contributed by atoms with van der Waals surface area (Å²) in [5, 5.41) is 2.85. The van der Waals surface area contributed by atoms with Gasteiger partial charge in [-0.3, -0.25) is 4.79 Å². The maximum absolute atomic E-state index is 11.9. The molecule has 0 aromatic heterocycles. The largest absolute Gasteiger partial charge is 0.378 e. The Morgan fingerprint density at radius 1 is 1.10 bits per heavy atom. The van der Waals surface area contributed by atoms with Crippen LogP contribution >= 0.6 is 0 Å². The summed E-state index contributed by atoms with van der Waals surface area (Å²) in [6.45, 7) is 6.84. The van der Waals surface area contributed by atoms with E-state index in [1.54, 1.807) is 4.90 Å². The molecule has 0 unspecified atom stereocenters. The monoisotopic (exact) mass is 283 g/mol. The van der Waals surface area contributed by atoms with Crippen LogP contribution in [0.25, 0.3) is 0 Å². The highest BCUT2D eigenvalue weighted by Crippen LogP contribution is 2.15. The number of morpholine rings is 1. The van der Waals surface area contributed by atoms with Gasteiger partial charge in [-0.05, 0) is 18.8 Å². The summed E-state index contributed by atoms with van der Waals surface area (Å²) in [4.78, 5) is 27.5. The molecule has 0 bridgehead atoms. The molecule has 0 atom stereocenters. The minimum absolute atomic E-state index is 0.0355. The first-order chi connectivity index (χ1) is 9.66. The predicted octanol–water partition coefficient (Wildman–Crippen LogP) is 0.677. The Hall–Kier alpha value is -1.30. The molecule has 2 heterocycles. The second-order valence-corrected chi connectivity index (χ2v) is 5.64. The number of likely N-dealkylation sites (tertiary alicyclic amines) is 1. The molecule has 0 aromatic rings. The van der Waals surface area contributed by atoms with Gasteiger partial charge in [-0.1, -0.05) is 6.92 Å². The molecular weight excluding hydrogens is 258 g/mol. The van der Waals surface area contributed by atoms with Crippen LogP contribution in [0.5, 0.6) is 0 Å². The maximum atomic E-state index is 11.9. The number of rotatable bonds is 3. The minimum Gasteiger partial charge on any atom is -0.378 e. The van der Waals surface area contributed by atoms with Crippen molar-refractivity contribution in [2.24, 2.45) is 5.92 Å². The van der Waals surface area contributed by atoms with Crippen LogP contribution < -0.4 is 5.32 Å². The van der Waals surface area contributed by atoms with E-state index in [-0.39, 0.29) is 11.9 Å². The van der Waals surface area contributed by atoms with E-state index in [0.29, 0.717) is 45.2 Å². The van der Waals surface area contributed by atoms with Crippen molar-refractivity contribution >= 4 is 11.9 Å². The van der Waals surface area contributed by atoms with Crippen LogP contribution in [-0.2, 0) is 9.53 Å². The average molecular weight is 283 g/mol. The number of hydrogen-bond donors (Lipinski definition) is 1. The number of ether oxygens (including phenoxy) is 1. The Kier molecular flexibility index (Phi) is 5.64. The fraction of sp³-hybridized carbons (Fsp3) is 0.857. The smallest absolute Gasteiger partial charge is 0.317 e. The van der Waals surface area contributed by atoms with Crippen molar-refractivity contribution in [2.75, 3.05) is 45.9 Å². The van der Waals surface area contributed by atoms with Crippen molar-refractivity contribution in [3.8, 4) is 0 Å². The van der Waals surface area contributed by atoms with E-state index in [9.17, 15) is 9.59 Å². The van der Waals surface area contributed by atoms with Crippen LogP contribution in [0.1, 0.15) is 26.2 Å². The fourth-order valence-corrected chi connectivity index (χ4v) is 2.57. The standard InChI is InChI=1S/C14H25N3O3/c1-12-3-6-17(7-4-12)14(19)15-5-2-13(18)16-8-10-20-11-9-16/h12H,2-11H2,1H3,(H,15,19). The number of urea groups is 1. The molecule has 6 nitrogen and oxygen atoms in total. The summed E-state index contributed by atoms with van der Waals surface area (Å²) in [7, 11) is 0. The van der Waals surface area contributed by atoms with Crippen LogP contribution in [0.4, 0.5) is 4.79 Å². The summed E-state index contributed by atoms with van der Waals surface area (Å²) in [6.07, 6.45) is 2.51. The Bertz CT molecular complexity index is 335. The quantitative estimate of drug-likeness (QED) is 0.828. The second kappa shape index (κ2) is 7.47. The van der Waals surface area contributed by atoms with Gasteiger partial charge in [0.25, 0.3) is 0 Å². The molecule has 2 fully saturated rings. The summed E-state index contributed by atoms with van der Waals surface area (Å²) in [6, 6.07) is -0.0355. The number of hydrogen-bond acceptors (Lipinski definition) is 3. The molecule has 0 radical (unpaired) electrons. The third kappa shape index (κ3) is 4.37. The molecule has 0 saturated carbocycles. The number of carbonyl (C=O) groups excluding carboxylic acids is 2. The Labute approximate surface area is 120 Å². The van der Waals surface area contributed by atoms with Crippen molar-refractivity contribution in [3.05, 3.63) is 0 Å². The molecule has 3 amide bonds. The van der Waals surface area contributed by atoms with E-state index in [4.69, 9.17) is 4.74 Å². The van der Waals surface area contributed by atoms with Crippen LogP contribution in [0.15, 0.2) is 0 Å². The molecule has 0 spiro atoms. The lowest BCUT2D eigenvalue weighted by molar-refractivity contribution is -0.135. The number of nitrogens with zero attached hydrogens (tertiary/aromatic N) is 2. The zero-order chi connectivity index (χ0) is 14.4. The van der Waals surface area contributed by atoms with Gasteiger partial charge in [0.2, 0.25) is 5.91 Å². The lowest BCUT2D eigenvalue weighted by atomic mass is 10.00. The molecule has 20 heavy (non-hydrogen) atoms. The topological polar surface area (TPSA) is 61.9 Å². The van der Waals surface area contributed by atoms with E-state index in [1.165, 1.54) is 0 Å². The van der Waals surface area contributed by atoms with Crippen molar-refractivity contribution in [3.63, 3.8) is 0 Å². The molecule has 1 N–H and O–H groups in total. The maximum Gasteiger partial charge on any atom is 0.317 e. The van der Waals surface area contributed by atoms with Gasteiger partial charge in [0, 0.05) is 39.1 Å². The second-order valence-electron chi connectivity index (χ2n) is 5.64. The van der Waals surface area contributed by atoms with Crippen LogP contribution in [0.3, 0.4) is 0 Å². The molecule has 114 valence electrons. The van der Waals surface area contributed by atoms with Crippen LogP contribution in [0, 0.1) is 5.92 Å². The van der Waals surface area contributed by atoms with Gasteiger partial charge in [0.1, 0.15) is 0 Å². The van der Waals surface area contributed by atoms with Gasteiger partial charge in [0.15, 0.2) is 0 Å². The molecule has 0 aliphatic carbocycles. The molecule has 2 rings (SSSR count). The van der Waals surface area contributed by atoms with Gasteiger partial charge in [-0.15, -0.1) is 0 Å². The van der Waals surface area contributed by atoms with E-state index >= 15 is 0 Å². The Morgan fingerprint density at radius 2 is 1.75 bits per heavy atom. The first-order valence-electron chi connectivity index (χ1n) is 7.55. The first-order valence-corrected chi connectivity index (χ1v) is 7.55. The molecule has 2 saturated heterocycles.